The van der Waals surface area contributed by atoms with Crippen LogP contribution in [0.5, 0.6) is 5.75 Å². The molecule has 1 rings (SSSR count). The lowest BCUT2D eigenvalue weighted by Crippen LogP contribution is -2.17. The van der Waals surface area contributed by atoms with Crippen molar-refractivity contribution in [3.8, 4) is 5.75 Å². The van der Waals surface area contributed by atoms with E-state index in [4.69, 9.17) is 17.3 Å². The first-order valence-electron chi connectivity index (χ1n) is 3.83. The van der Waals surface area contributed by atoms with Crippen molar-refractivity contribution in [2.24, 2.45) is 5.73 Å². The lowest BCUT2D eigenvalue weighted by Gasteiger charge is -2.07. The quantitative estimate of drug-likeness (QED) is 0.740. The third-order valence-corrected chi connectivity index (χ3v) is 1.92. The van der Waals surface area contributed by atoms with Crippen LogP contribution in [0.1, 0.15) is 12.5 Å². The third kappa shape index (κ3) is 2.13. The Morgan fingerprint density at radius 3 is 2.83 bits per heavy atom. The highest BCUT2D eigenvalue weighted by Crippen LogP contribution is 2.27. The zero-order valence-corrected chi connectivity index (χ0v) is 7.67. The summed E-state index contributed by atoms with van der Waals surface area (Å²) in [5.41, 5.74) is 6.39. The van der Waals surface area contributed by atoms with Gasteiger partial charge in [0.25, 0.3) is 0 Å². The molecular weight excluding hydrogens is 174 g/mol. The second kappa shape index (κ2) is 3.78. The number of benzene rings is 1. The number of phenols is 1. The van der Waals surface area contributed by atoms with Crippen molar-refractivity contribution in [1.29, 1.82) is 0 Å². The number of hydrogen-bond donors (Lipinski definition) is 2. The lowest BCUT2D eigenvalue weighted by atomic mass is 10.1. The molecule has 3 heteroatoms. The van der Waals surface area contributed by atoms with Gasteiger partial charge in [-0.25, -0.2) is 0 Å². The number of para-hydroxylation sites is 1. The van der Waals surface area contributed by atoms with E-state index < -0.39 is 0 Å². The third-order valence-electron chi connectivity index (χ3n) is 1.61. The van der Waals surface area contributed by atoms with Gasteiger partial charge in [0.15, 0.2) is 0 Å². The highest BCUT2D eigenvalue weighted by Gasteiger charge is 2.06. The average Bonchev–Trinajstić information content (AvgIpc) is 1.98. The average molecular weight is 186 g/mol. The molecule has 66 valence electrons. The minimum atomic E-state index is 0.0365. The van der Waals surface area contributed by atoms with E-state index in [1.165, 1.54) is 0 Å². The fraction of sp³-hybridized carbons (Fsp3) is 0.333. The molecule has 0 spiro atoms. The Morgan fingerprint density at radius 1 is 1.58 bits per heavy atom. The van der Waals surface area contributed by atoms with Gasteiger partial charge in [0.2, 0.25) is 0 Å². The summed E-state index contributed by atoms with van der Waals surface area (Å²) in [6, 6.07) is 5.32. The molecule has 0 aliphatic carbocycles. The minimum absolute atomic E-state index is 0.0365. The molecule has 1 atom stereocenters. The van der Waals surface area contributed by atoms with Gasteiger partial charge >= 0.3 is 0 Å². The van der Waals surface area contributed by atoms with Crippen molar-refractivity contribution in [3.63, 3.8) is 0 Å². The molecule has 0 heterocycles. The molecule has 12 heavy (non-hydrogen) atoms. The number of halogens is 1. The second-order valence-electron chi connectivity index (χ2n) is 2.93. The van der Waals surface area contributed by atoms with Crippen LogP contribution < -0.4 is 5.73 Å². The van der Waals surface area contributed by atoms with Crippen molar-refractivity contribution in [2.45, 2.75) is 19.4 Å². The zero-order valence-electron chi connectivity index (χ0n) is 6.92. The minimum Gasteiger partial charge on any atom is -0.506 e. The van der Waals surface area contributed by atoms with E-state index in [0.717, 1.165) is 5.56 Å². The van der Waals surface area contributed by atoms with Gasteiger partial charge in [0, 0.05) is 6.04 Å². The summed E-state index contributed by atoms with van der Waals surface area (Å²) in [4.78, 5) is 0. The van der Waals surface area contributed by atoms with Crippen molar-refractivity contribution in [2.75, 3.05) is 0 Å². The molecule has 0 saturated carbocycles. The zero-order chi connectivity index (χ0) is 9.14. The first-order chi connectivity index (χ1) is 5.61. The lowest BCUT2D eigenvalue weighted by molar-refractivity contribution is 0.466. The molecule has 0 saturated heterocycles. The Balaban J connectivity index is 2.92. The number of rotatable bonds is 2. The fourth-order valence-corrected chi connectivity index (χ4v) is 1.27. The number of hydrogen-bond acceptors (Lipinski definition) is 2. The summed E-state index contributed by atoms with van der Waals surface area (Å²) in [5.74, 6) is 0.150. The Hall–Kier alpha value is -0.730. The summed E-state index contributed by atoms with van der Waals surface area (Å²) in [5, 5.41) is 9.84. The Kier molecular flexibility index (Phi) is 2.95. The maximum atomic E-state index is 9.46. The maximum Gasteiger partial charge on any atom is 0.137 e. The summed E-state index contributed by atoms with van der Waals surface area (Å²) in [7, 11) is 0. The van der Waals surface area contributed by atoms with Gasteiger partial charge in [-0.05, 0) is 25.0 Å². The van der Waals surface area contributed by atoms with Gasteiger partial charge in [0.05, 0.1) is 5.02 Å². The Morgan fingerprint density at radius 2 is 2.25 bits per heavy atom. The van der Waals surface area contributed by atoms with E-state index in [2.05, 4.69) is 0 Å². The van der Waals surface area contributed by atoms with Crippen LogP contribution in [0.15, 0.2) is 18.2 Å². The van der Waals surface area contributed by atoms with Crippen molar-refractivity contribution >= 4 is 11.6 Å². The molecule has 3 N–H and O–H groups in total. The Labute approximate surface area is 77.0 Å². The van der Waals surface area contributed by atoms with E-state index in [9.17, 15) is 5.11 Å². The first-order valence-corrected chi connectivity index (χ1v) is 4.21. The molecule has 0 aliphatic rings. The van der Waals surface area contributed by atoms with Gasteiger partial charge < -0.3 is 10.8 Å². The van der Waals surface area contributed by atoms with Gasteiger partial charge in [-0.2, -0.15) is 0 Å². The predicted molar refractivity (Wildman–Crippen MR) is 50.5 cm³/mol. The van der Waals surface area contributed by atoms with Crippen LogP contribution >= 0.6 is 11.6 Å². The highest BCUT2D eigenvalue weighted by atomic mass is 35.5. The second-order valence-corrected chi connectivity index (χ2v) is 3.34. The Bertz CT molecular complexity index is 273. The smallest absolute Gasteiger partial charge is 0.137 e. The van der Waals surface area contributed by atoms with Crippen LogP contribution in [0.3, 0.4) is 0 Å². The normalized spacial score (nSPS) is 12.9. The summed E-state index contributed by atoms with van der Waals surface area (Å²) < 4.78 is 0. The topological polar surface area (TPSA) is 46.2 Å². The molecular formula is C9H12ClNO. The molecule has 0 bridgehead atoms. The van der Waals surface area contributed by atoms with Crippen LogP contribution in [-0.2, 0) is 6.42 Å². The van der Waals surface area contributed by atoms with Crippen molar-refractivity contribution in [1.82, 2.24) is 0 Å². The van der Waals surface area contributed by atoms with Crippen LogP contribution in [0, 0.1) is 0 Å². The van der Waals surface area contributed by atoms with Crippen LogP contribution in [-0.4, -0.2) is 11.1 Å². The fourth-order valence-electron chi connectivity index (χ4n) is 1.07. The number of aromatic hydroxyl groups is 1. The van der Waals surface area contributed by atoms with E-state index in [1.54, 1.807) is 12.1 Å². The van der Waals surface area contributed by atoms with Gasteiger partial charge in [0.1, 0.15) is 5.75 Å². The van der Waals surface area contributed by atoms with E-state index >= 15 is 0 Å². The number of phenolic OH excluding ortho intramolecular Hbond substituents is 1. The molecule has 0 radical (unpaired) electrons. The van der Waals surface area contributed by atoms with E-state index in [0.29, 0.717) is 11.4 Å². The highest BCUT2D eigenvalue weighted by molar-refractivity contribution is 6.32. The first kappa shape index (κ1) is 9.36. The van der Waals surface area contributed by atoms with Crippen molar-refractivity contribution in [3.05, 3.63) is 28.8 Å². The summed E-state index contributed by atoms with van der Waals surface area (Å²) in [6.45, 7) is 1.89. The molecule has 0 fully saturated rings. The molecule has 1 unspecified atom stereocenters. The molecule has 0 aliphatic heterocycles. The molecule has 0 amide bonds. The monoisotopic (exact) mass is 185 g/mol. The molecule has 1 aromatic rings. The van der Waals surface area contributed by atoms with Gasteiger partial charge in [-0.15, -0.1) is 0 Å². The largest absolute Gasteiger partial charge is 0.506 e. The van der Waals surface area contributed by atoms with E-state index in [1.807, 2.05) is 13.0 Å². The molecule has 2 nitrogen and oxygen atoms in total. The van der Waals surface area contributed by atoms with Crippen molar-refractivity contribution < 1.29 is 5.11 Å². The summed E-state index contributed by atoms with van der Waals surface area (Å²) >= 11 is 5.71. The van der Waals surface area contributed by atoms with Crippen LogP contribution in [0.25, 0.3) is 0 Å². The number of nitrogens with two attached hydrogens (primary N) is 1. The van der Waals surface area contributed by atoms with Crippen LogP contribution in [0.2, 0.25) is 5.02 Å². The van der Waals surface area contributed by atoms with Gasteiger partial charge in [-0.3, -0.25) is 0 Å². The SMILES string of the molecule is CC(N)Cc1cccc(Cl)c1O. The molecule has 0 aromatic heterocycles. The van der Waals surface area contributed by atoms with Crippen LogP contribution in [0.4, 0.5) is 0 Å². The predicted octanol–water partition coefficient (Wildman–Crippen LogP) is 1.94. The van der Waals surface area contributed by atoms with Gasteiger partial charge in [-0.1, -0.05) is 23.7 Å². The van der Waals surface area contributed by atoms with E-state index in [-0.39, 0.29) is 11.8 Å². The maximum absolute atomic E-state index is 9.46. The standard InChI is InChI=1S/C9H12ClNO/c1-6(11)5-7-3-2-4-8(10)9(7)12/h2-4,6,12H,5,11H2,1H3. The summed E-state index contributed by atoms with van der Waals surface area (Å²) in [6.07, 6.45) is 0.645. The molecule has 1 aromatic carbocycles.